The largest absolute Gasteiger partial charge is 0.467 e. The highest BCUT2D eigenvalue weighted by Gasteiger charge is 2.31. The van der Waals surface area contributed by atoms with Crippen LogP contribution in [-0.4, -0.2) is 51.3 Å². The maximum absolute atomic E-state index is 5.56. The Morgan fingerprint density at radius 1 is 0.909 bits per heavy atom. The van der Waals surface area contributed by atoms with Crippen LogP contribution in [0.2, 0.25) is 0 Å². The number of aryl methyl sites for hydroxylation is 3. The van der Waals surface area contributed by atoms with Gasteiger partial charge in [-0.2, -0.15) is 0 Å². The van der Waals surface area contributed by atoms with Crippen molar-refractivity contribution in [3.8, 4) is 0 Å². The number of hydrogen-bond donors (Lipinski definition) is 0. The van der Waals surface area contributed by atoms with Gasteiger partial charge >= 0.3 is 0 Å². The summed E-state index contributed by atoms with van der Waals surface area (Å²) in [5, 5.41) is 12.8. The van der Waals surface area contributed by atoms with Gasteiger partial charge in [-0.15, -0.1) is 5.10 Å². The molecule has 3 heterocycles. The molecule has 0 bridgehead atoms. The molecule has 1 atom stereocenters. The van der Waals surface area contributed by atoms with Crippen LogP contribution >= 0.6 is 0 Å². The van der Waals surface area contributed by atoms with Crippen molar-refractivity contribution in [3.05, 3.63) is 94.7 Å². The zero-order chi connectivity index (χ0) is 22.8. The quantitative estimate of drug-likeness (QED) is 0.447. The van der Waals surface area contributed by atoms with Crippen molar-refractivity contribution < 1.29 is 4.42 Å². The summed E-state index contributed by atoms with van der Waals surface area (Å²) in [5.41, 5.74) is 6.41. The molecular weight excluding hydrogens is 412 g/mol. The van der Waals surface area contributed by atoms with Gasteiger partial charge in [0.25, 0.3) is 0 Å². The van der Waals surface area contributed by atoms with Crippen molar-refractivity contribution in [1.29, 1.82) is 0 Å². The number of furan rings is 1. The fourth-order valence-electron chi connectivity index (χ4n) is 4.62. The zero-order valence-corrected chi connectivity index (χ0v) is 19.5. The van der Waals surface area contributed by atoms with E-state index in [2.05, 4.69) is 88.6 Å². The van der Waals surface area contributed by atoms with E-state index in [1.165, 1.54) is 27.9 Å². The van der Waals surface area contributed by atoms with Gasteiger partial charge in [0.2, 0.25) is 0 Å². The van der Waals surface area contributed by atoms with E-state index in [-0.39, 0.29) is 6.04 Å². The summed E-state index contributed by atoms with van der Waals surface area (Å²) >= 11 is 0. The van der Waals surface area contributed by atoms with Crippen LogP contribution in [0.25, 0.3) is 0 Å². The lowest BCUT2D eigenvalue weighted by Gasteiger charge is -2.40. The molecule has 1 fully saturated rings. The second-order valence-electron chi connectivity index (χ2n) is 8.90. The third-order valence-corrected chi connectivity index (χ3v) is 6.47. The number of rotatable bonds is 6. The fourth-order valence-corrected chi connectivity index (χ4v) is 4.62. The number of tetrazole rings is 1. The topological polar surface area (TPSA) is 63.2 Å². The highest BCUT2D eigenvalue weighted by molar-refractivity contribution is 5.55. The first-order valence-corrected chi connectivity index (χ1v) is 11.5. The van der Waals surface area contributed by atoms with Crippen LogP contribution in [-0.2, 0) is 6.54 Å². The van der Waals surface area contributed by atoms with E-state index < -0.39 is 0 Å². The molecule has 2 aromatic heterocycles. The number of piperazine rings is 1. The summed E-state index contributed by atoms with van der Waals surface area (Å²) in [6, 6.07) is 19.2. The Hall–Kier alpha value is -3.45. The summed E-state index contributed by atoms with van der Waals surface area (Å²) in [7, 11) is 0. The molecule has 0 unspecified atom stereocenters. The lowest BCUT2D eigenvalue weighted by atomic mass is 10.0. The molecule has 0 spiro atoms. The maximum atomic E-state index is 5.56. The van der Waals surface area contributed by atoms with Gasteiger partial charge in [-0.05, 0) is 66.1 Å². The second kappa shape index (κ2) is 9.19. The molecule has 5 rings (SSSR count). The van der Waals surface area contributed by atoms with Crippen LogP contribution in [0.3, 0.4) is 0 Å². The van der Waals surface area contributed by atoms with Crippen LogP contribution in [0.5, 0.6) is 0 Å². The molecule has 0 amide bonds. The molecular formula is C26H30N6O. The van der Waals surface area contributed by atoms with Gasteiger partial charge in [-0.3, -0.25) is 4.90 Å². The number of benzene rings is 2. The Morgan fingerprint density at radius 2 is 1.67 bits per heavy atom. The maximum Gasteiger partial charge on any atom is 0.173 e. The Morgan fingerprint density at radius 3 is 2.39 bits per heavy atom. The molecule has 2 aromatic carbocycles. The van der Waals surface area contributed by atoms with E-state index in [9.17, 15) is 0 Å². The van der Waals surface area contributed by atoms with E-state index in [1.54, 1.807) is 6.26 Å². The SMILES string of the molecule is Cc1ccc([C@@H](c2nnnn2Cc2ccco2)N2CCN(c3cc(C)ccc3C)CC2)cc1. The first kappa shape index (κ1) is 21.4. The normalized spacial score (nSPS) is 15.7. The molecule has 1 aliphatic rings. The zero-order valence-electron chi connectivity index (χ0n) is 19.5. The first-order chi connectivity index (χ1) is 16.1. The van der Waals surface area contributed by atoms with Crippen molar-refractivity contribution in [3.63, 3.8) is 0 Å². The number of nitrogens with zero attached hydrogens (tertiary/aromatic N) is 6. The standard InChI is InChI=1S/C26H30N6O/c1-19-7-10-22(11-8-19)25(26-27-28-29-32(26)18-23-5-4-16-33-23)31-14-12-30(13-15-31)24-17-20(2)6-9-21(24)3/h4-11,16-17,25H,12-15,18H2,1-3H3/t25-/m0/s1. The average molecular weight is 443 g/mol. The number of aromatic nitrogens is 4. The highest BCUT2D eigenvalue weighted by Crippen LogP contribution is 2.30. The van der Waals surface area contributed by atoms with Gasteiger partial charge in [0.05, 0.1) is 12.3 Å². The van der Waals surface area contributed by atoms with Gasteiger partial charge in [0.15, 0.2) is 5.82 Å². The summed E-state index contributed by atoms with van der Waals surface area (Å²) in [6.07, 6.45) is 1.68. The highest BCUT2D eigenvalue weighted by atomic mass is 16.3. The Balaban J connectivity index is 1.43. The van der Waals surface area contributed by atoms with E-state index in [4.69, 9.17) is 4.42 Å². The third kappa shape index (κ3) is 4.54. The minimum atomic E-state index is -0.0173. The Bertz CT molecular complexity index is 1190. The Kier molecular flexibility index (Phi) is 5.96. The molecule has 4 aromatic rings. The molecule has 0 N–H and O–H groups in total. The van der Waals surface area contributed by atoms with Crippen molar-refractivity contribution in [2.75, 3.05) is 31.1 Å². The molecule has 0 aliphatic carbocycles. The Labute approximate surface area is 194 Å². The van der Waals surface area contributed by atoms with E-state index >= 15 is 0 Å². The van der Waals surface area contributed by atoms with Crippen LogP contribution in [0, 0.1) is 20.8 Å². The fraction of sp³-hybridized carbons (Fsp3) is 0.346. The minimum Gasteiger partial charge on any atom is -0.467 e. The lowest BCUT2D eigenvalue weighted by molar-refractivity contribution is 0.200. The lowest BCUT2D eigenvalue weighted by Crippen LogP contribution is -2.48. The molecule has 7 heteroatoms. The summed E-state index contributed by atoms with van der Waals surface area (Å²) in [5.74, 6) is 1.68. The predicted octanol–water partition coefficient (Wildman–Crippen LogP) is 4.15. The molecule has 170 valence electrons. The van der Waals surface area contributed by atoms with Crippen LogP contribution in [0.1, 0.15) is 39.9 Å². The van der Waals surface area contributed by atoms with Crippen LogP contribution in [0.4, 0.5) is 5.69 Å². The summed E-state index contributed by atoms with van der Waals surface area (Å²) in [6.45, 7) is 10.8. The van der Waals surface area contributed by atoms with Crippen molar-refractivity contribution in [2.24, 2.45) is 0 Å². The van der Waals surface area contributed by atoms with Crippen molar-refractivity contribution >= 4 is 5.69 Å². The number of hydrogen-bond acceptors (Lipinski definition) is 6. The third-order valence-electron chi connectivity index (χ3n) is 6.47. The van der Waals surface area contributed by atoms with Gasteiger partial charge in [0.1, 0.15) is 12.3 Å². The molecule has 1 aliphatic heterocycles. The van der Waals surface area contributed by atoms with Gasteiger partial charge < -0.3 is 9.32 Å². The molecule has 0 radical (unpaired) electrons. The van der Waals surface area contributed by atoms with Gasteiger partial charge in [-0.1, -0.05) is 42.0 Å². The van der Waals surface area contributed by atoms with Crippen LogP contribution in [0.15, 0.2) is 65.3 Å². The van der Waals surface area contributed by atoms with E-state index in [0.29, 0.717) is 6.54 Å². The molecule has 33 heavy (non-hydrogen) atoms. The summed E-state index contributed by atoms with van der Waals surface area (Å²) < 4.78 is 7.42. The van der Waals surface area contributed by atoms with E-state index in [1.807, 2.05) is 16.8 Å². The average Bonchev–Trinajstić information content (AvgIpc) is 3.50. The van der Waals surface area contributed by atoms with Crippen LogP contribution < -0.4 is 4.90 Å². The second-order valence-corrected chi connectivity index (χ2v) is 8.90. The van der Waals surface area contributed by atoms with Gasteiger partial charge in [0, 0.05) is 31.9 Å². The van der Waals surface area contributed by atoms with Crippen molar-refractivity contribution in [1.82, 2.24) is 25.1 Å². The molecule has 0 saturated carbocycles. The summed E-state index contributed by atoms with van der Waals surface area (Å²) in [4.78, 5) is 4.99. The first-order valence-electron chi connectivity index (χ1n) is 11.5. The van der Waals surface area contributed by atoms with Gasteiger partial charge in [-0.25, -0.2) is 4.68 Å². The number of anilines is 1. The molecule has 7 nitrogen and oxygen atoms in total. The monoisotopic (exact) mass is 442 g/mol. The predicted molar refractivity (Wildman–Crippen MR) is 128 cm³/mol. The van der Waals surface area contributed by atoms with E-state index in [0.717, 1.165) is 37.8 Å². The minimum absolute atomic E-state index is 0.0173. The van der Waals surface area contributed by atoms with Crippen molar-refractivity contribution in [2.45, 2.75) is 33.4 Å². The molecule has 1 saturated heterocycles. The smallest absolute Gasteiger partial charge is 0.173 e.